The maximum Gasteiger partial charge on any atom is 0.340 e. The monoisotopic (exact) mass is 311 g/mol. The molecule has 1 aliphatic heterocycles. The summed E-state index contributed by atoms with van der Waals surface area (Å²) >= 11 is 0.882. The van der Waals surface area contributed by atoms with Gasteiger partial charge in [-0.3, -0.25) is 19.3 Å². The highest BCUT2D eigenvalue weighted by atomic mass is 32.1. The molecule has 0 atom stereocenters. The zero-order valence-corrected chi connectivity index (χ0v) is 12.0. The van der Waals surface area contributed by atoms with Gasteiger partial charge in [0.15, 0.2) is 0 Å². The summed E-state index contributed by atoms with van der Waals surface area (Å²) in [5.41, 5.74) is 0.286. The van der Waals surface area contributed by atoms with Gasteiger partial charge >= 0.3 is 5.97 Å². The van der Waals surface area contributed by atoms with Crippen molar-refractivity contribution in [3.63, 3.8) is 0 Å². The van der Waals surface area contributed by atoms with Gasteiger partial charge in [0, 0.05) is 25.8 Å². The molecule has 2 rings (SSSR count). The van der Waals surface area contributed by atoms with Gasteiger partial charge in [0.1, 0.15) is 10.6 Å². The van der Waals surface area contributed by atoms with Crippen LogP contribution in [0.1, 0.15) is 35.3 Å². The van der Waals surface area contributed by atoms with Crippen LogP contribution in [0, 0.1) is 6.92 Å². The van der Waals surface area contributed by atoms with Crippen molar-refractivity contribution in [3.8, 4) is 0 Å². The summed E-state index contributed by atoms with van der Waals surface area (Å²) in [5.74, 6) is -2.20. The Balaban J connectivity index is 1.95. The highest BCUT2D eigenvalue weighted by Gasteiger charge is 2.29. The molecular formula is C12H13N3O5S. The van der Waals surface area contributed by atoms with E-state index in [-0.39, 0.29) is 48.2 Å². The fraction of sp³-hybridized carbons (Fsp3) is 0.417. The van der Waals surface area contributed by atoms with Crippen LogP contribution in [0.3, 0.4) is 0 Å². The molecule has 21 heavy (non-hydrogen) atoms. The van der Waals surface area contributed by atoms with Gasteiger partial charge in [0.05, 0.1) is 5.69 Å². The maximum absolute atomic E-state index is 11.8. The molecule has 2 heterocycles. The van der Waals surface area contributed by atoms with Gasteiger partial charge in [-0.1, -0.05) is 0 Å². The first kappa shape index (κ1) is 15.1. The Morgan fingerprint density at radius 1 is 1.33 bits per heavy atom. The summed E-state index contributed by atoms with van der Waals surface area (Å²) in [6.07, 6.45) is 0.281. The lowest BCUT2D eigenvalue weighted by molar-refractivity contribution is -0.138. The number of carbonyl (C=O) groups is 4. The standard InChI is InChI=1S/C12H13N3O5S/c1-6-10(12(19)20)11(21-14-6)13-7(16)4-5-15-8(17)2-3-9(15)18/h2-5H2,1H3,(H,13,16)(H,19,20). The van der Waals surface area contributed by atoms with Crippen molar-refractivity contribution in [2.24, 2.45) is 0 Å². The number of nitrogens with zero attached hydrogens (tertiary/aromatic N) is 2. The number of rotatable bonds is 5. The van der Waals surface area contributed by atoms with E-state index in [4.69, 9.17) is 5.11 Å². The minimum atomic E-state index is -1.17. The van der Waals surface area contributed by atoms with Gasteiger partial charge in [0.2, 0.25) is 17.7 Å². The lowest BCUT2D eigenvalue weighted by atomic mass is 10.2. The van der Waals surface area contributed by atoms with Gasteiger partial charge < -0.3 is 10.4 Å². The average Bonchev–Trinajstić information content (AvgIpc) is 2.91. The minimum absolute atomic E-state index is 0.00366. The number of nitrogens with one attached hydrogen (secondary N) is 1. The number of carboxylic acids is 1. The number of imide groups is 1. The van der Waals surface area contributed by atoms with Crippen LogP contribution in [0.2, 0.25) is 0 Å². The molecule has 1 aliphatic rings. The summed E-state index contributed by atoms with van der Waals surface area (Å²) in [7, 11) is 0. The second kappa shape index (κ2) is 6.00. The van der Waals surface area contributed by atoms with Crippen LogP contribution >= 0.6 is 11.5 Å². The molecule has 0 spiro atoms. The van der Waals surface area contributed by atoms with Crippen LogP contribution in [0.25, 0.3) is 0 Å². The Morgan fingerprint density at radius 3 is 2.52 bits per heavy atom. The lowest BCUT2D eigenvalue weighted by Gasteiger charge is -2.12. The highest BCUT2D eigenvalue weighted by Crippen LogP contribution is 2.24. The molecule has 112 valence electrons. The Labute approximate surface area is 123 Å². The van der Waals surface area contributed by atoms with Crippen molar-refractivity contribution >= 4 is 40.2 Å². The predicted octanol–water partition coefficient (Wildman–Crippen LogP) is 0.627. The Kier molecular flexibility index (Phi) is 4.32. The number of hydrogen-bond acceptors (Lipinski definition) is 6. The van der Waals surface area contributed by atoms with Crippen LogP contribution in [0.5, 0.6) is 0 Å². The molecule has 1 aromatic heterocycles. The SMILES string of the molecule is Cc1nsc(NC(=O)CCN2C(=O)CCC2=O)c1C(=O)O. The molecule has 1 fully saturated rings. The molecule has 0 bridgehead atoms. The van der Waals surface area contributed by atoms with E-state index in [1.54, 1.807) is 0 Å². The van der Waals surface area contributed by atoms with Gasteiger partial charge in [0.25, 0.3) is 0 Å². The molecule has 0 aliphatic carbocycles. The van der Waals surface area contributed by atoms with Gasteiger partial charge in [-0.25, -0.2) is 4.79 Å². The maximum atomic E-state index is 11.8. The zero-order valence-electron chi connectivity index (χ0n) is 11.2. The number of aromatic nitrogens is 1. The predicted molar refractivity (Wildman–Crippen MR) is 73.0 cm³/mol. The van der Waals surface area contributed by atoms with E-state index < -0.39 is 11.9 Å². The third-order valence-electron chi connectivity index (χ3n) is 3.05. The zero-order chi connectivity index (χ0) is 15.6. The summed E-state index contributed by atoms with van der Waals surface area (Å²) < 4.78 is 3.88. The van der Waals surface area contributed by atoms with E-state index in [9.17, 15) is 19.2 Å². The van der Waals surface area contributed by atoms with E-state index in [0.29, 0.717) is 5.69 Å². The van der Waals surface area contributed by atoms with Crippen molar-refractivity contribution in [3.05, 3.63) is 11.3 Å². The second-order valence-corrected chi connectivity index (χ2v) is 5.29. The van der Waals surface area contributed by atoms with Crippen molar-refractivity contribution in [1.82, 2.24) is 9.27 Å². The number of carboxylic acid groups (broad SMARTS) is 1. The van der Waals surface area contributed by atoms with Crippen molar-refractivity contribution in [2.75, 3.05) is 11.9 Å². The van der Waals surface area contributed by atoms with E-state index in [1.807, 2.05) is 0 Å². The first-order valence-corrected chi connectivity index (χ1v) is 7.00. The molecule has 8 nitrogen and oxygen atoms in total. The fourth-order valence-corrected chi connectivity index (χ4v) is 2.79. The van der Waals surface area contributed by atoms with Gasteiger partial charge in [-0.15, -0.1) is 0 Å². The smallest absolute Gasteiger partial charge is 0.340 e. The van der Waals surface area contributed by atoms with E-state index >= 15 is 0 Å². The number of aromatic carboxylic acids is 1. The minimum Gasteiger partial charge on any atom is -0.478 e. The highest BCUT2D eigenvalue weighted by molar-refractivity contribution is 7.11. The van der Waals surface area contributed by atoms with E-state index in [2.05, 4.69) is 9.69 Å². The Morgan fingerprint density at radius 2 is 1.95 bits per heavy atom. The first-order chi connectivity index (χ1) is 9.90. The summed E-state index contributed by atoms with van der Waals surface area (Å²) in [6, 6.07) is 0. The number of carbonyl (C=O) groups excluding carboxylic acids is 3. The molecule has 2 N–H and O–H groups in total. The second-order valence-electron chi connectivity index (χ2n) is 4.51. The summed E-state index contributed by atoms with van der Waals surface area (Å²) in [6.45, 7) is 1.54. The van der Waals surface area contributed by atoms with Crippen LogP contribution in [0.4, 0.5) is 5.00 Å². The van der Waals surface area contributed by atoms with E-state index in [1.165, 1.54) is 6.92 Å². The van der Waals surface area contributed by atoms with E-state index in [0.717, 1.165) is 16.4 Å². The van der Waals surface area contributed by atoms with Crippen molar-refractivity contribution in [2.45, 2.75) is 26.2 Å². The summed E-state index contributed by atoms with van der Waals surface area (Å²) in [5, 5.41) is 11.6. The molecule has 0 saturated carbocycles. The fourth-order valence-electron chi connectivity index (χ4n) is 1.98. The number of anilines is 1. The average molecular weight is 311 g/mol. The van der Waals surface area contributed by atoms with Crippen molar-refractivity contribution < 1.29 is 24.3 Å². The Hall–Kier alpha value is -2.29. The number of aryl methyl sites for hydroxylation is 1. The van der Waals surface area contributed by atoms with Gasteiger partial charge in [-0.2, -0.15) is 4.37 Å². The number of amides is 3. The topological polar surface area (TPSA) is 117 Å². The normalized spacial score (nSPS) is 14.6. The molecule has 3 amide bonds. The largest absolute Gasteiger partial charge is 0.478 e. The molecular weight excluding hydrogens is 298 g/mol. The van der Waals surface area contributed by atoms with Gasteiger partial charge in [-0.05, 0) is 18.5 Å². The molecule has 0 aromatic carbocycles. The Bertz CT molecular complexity index is 608. The van der Waals surface area contributed by atoms with Crippen LogP contribution in [-0.2, 0) is 14.4 Å². The molecule has 1 aromatic rings. The quantitative estimate of drug-likeness (QED) is 0.770. The molecule has 9 heteroatoms. The third-order valence-corrected chi connectivity index (χ3v) is 3.90. The first-order valence-electron chi connectivity index (χ1n) is 6.22. The summed E-state index contributed by atoms with van der Waals surface area (Å²) in [4.78, 5) is 46.7. The molecule has 0 radical (unpaired) electrons. The number of hydrogen-bond donors (Lipinski definition) is 2. The van der Waals surface area contributed by atoms with Crippen molar-refractivity contribution in [1.29, 1.82) is 0 Å². The van der Waals surface area contributed by atoms with Crippen LogP contribution in [-0.4, -0.2) is 44.6 Å². The third kappa shape index (κ3) is 3.24. The lowest BCUT2D eigenvalue weighted by Crippen LogP contribution is -2.32. The molecule has 1 saturated heterocycles. The van der Waals surface area contributed by atoms with Crippen LogP contribution in [0.15, 0.2) is 0 Å². The number of likely N-dealkylation sites (tertiary alicyclic amines) is 1. The molecule has 0 unspecified atom stereocenters. The van der Waals surface area contributed by atoms with Crippen LogP contribution < -0.4 is 5.32 Å².